The molecular weight excluding hydrogens is 358 g/mol. The van der Waals surface area contributed by atoms with Gasteiger partial charge in [-0.3, -0.25) is 19.3 Å². The van der Waals surface area contributed by atoms with E-state index in [1.54, 1.807) is 18.7 Å². The van der Waals surface area contributed by atoms with Crippen LogP contribution in [0.15, 0.2) is 30.3 Å². The third-order valence-electron chi connectivity index (χ3n) is 5.49. The molecule has 0 aromatic heterocycles. The molecule has 2 aliphatic rings. The minimum atomic E-state index is -0.881. The maximum Gasteiger partial charge on any atom is 0.325 e. The van der Waals surface area contributed by atoms with Crippen LogP contribution in [-0.2, 0) is 9.59 Å². The average molecular weight is 385 g/mol. The first-order chi connectivity index (χ1) is 13.3. The molecular formula is C21H27N3O4. The Morgan fingerprint density at radius 3 is 2.32 bits per heavy atom. The topological polar surface area (TPSA) is 86.8 Å². The van der Waals surface area contributed by atoms with Crippen LogP contribution in [0.25, 0.3) is 0 Å². The van der Waals surface area contributed by atoms with Crippen LogP contribution in [0.3, 0.4) is 0 Å². The Kier molecular flexibility index (Phi) is 5.82. The first kappa shape index (κ1) is 20.0. The number of likely N-dealkylation sites (tertiary alicyclic amines) is 1. The van der Waals surface area contributed by atoms with E-state index in [1.807, 2.05) is 30.3 Å². The number of urea groups is 1. The van der Waals surface area contributed by atoms with Gasteiger partial charge in [0.2, 0.25) is 5.91 Å². The summed E-state index contributed by atoms with van der Waals surface area (Å²) in [6.07, 6.45) is 2.06. The van der Waals surface area contributed by atoms with E-state index in [9.17, 15) is 19.2 Å². The molecule has 2 saturated heterocycles. The van der Waals surface area contributed by atoms with E-state index in [0.717, 1.165) is 5.56 Å². The summed E-state index contributed by atoms with van der Waals surface area (Å²) in [6, 6.07) is 8.87. The van der Waals surface area contributed by atoms with Gasteiger partial charge in [-0.15, -0.1) is 0 Å². The number of piperidine rings is 1. The summed E-state index contributed by atoms with van der Waals surface area (Å²) >= 11 is 0. The Bertz CT molecular complexity index is 767. The summed E-state index contributed by atoms with van der Waals surface area (Å²) in [7, 11) is 0. The average Bonchev–Trinajstić information content (AvgIpc) is 2.89. The van der Waals surface area contributed by atoms with Gasteiger partial charge in [0, 0.05) is 37.5 Å². The van der Waals surface area contributed by atoms with Gasteiger partial charge in [0.05, 0.1) is 0 Å². The second kappa shape index (κ2) is 8.12. The lowest BCUT2D eigenvalue weighted by Crippen LogP contribution is -2.41. The molecule has 0 atom stereocenters. The van der Waals surface area contributed by atoms with E-state index in [0.29, 0.717) is 32.4 Å². The van der Waals surface area contributed by atoms with Crippen molar-refractivity contribution in [3.05, 3.63) is 35.9 Å². The van der Waals surface area contributed by atoms with Crippen molar-refractivity contribution in [2.24, 2.45) is 5.92 Å². The first-order valence-corrected chi connectivity index (χ1v) is 9.81. The van der Waals surface area contributed by atoms with Gasteiger partial charge < -0.3 is 10.2 Å². The van der Waals surface area contributed by atoms with Crippen LogP contribution in [0.5, 0.6) is 0 Å². The fraction of sp³-hybridized carbons (Fsp3) is 0.524. The maximum atomic E-state index is 12.5. The van der Waals surface area contributed by atoms with Crippen molar-refractivity contribution in [1.82, 2.24) is 15.1 Å². The van der Waals surface area contributed by atoms with Gasteiger partial charge in [0.15, 0.2) is 5.78 Å². The highest BCUT2D eigenvalue weighted by Crippen LogP contribution is 2.23. The summed E-state index contributed by atoms with van der Waals surface area (Å²) in [4.78, 5) is 51.9. The summed E-state index contributed by atoms with van der Waals surface area (Å²) < 4.78 is 0. The Morgan fingerprint density at radius 2 is 1.75 bits per heavy atom. The summed E-state index contributed by atoms with van der Waals surface area (Å²) in [5.74, 6) is -0.143. The highest BCUT2D eigenvalue weighted by molar-refractivity contribution is 6.06. The normalized spacial score (nSPS) is 19.6. The predicted molar refractivity (Wildman–Crippen MR) is 104 cm³/mol. The summed E-state index contributed by atoms with van der Waals surface area (Å²) in [5, 5.41) is 2.63. The standard InChI is InChI=1S/C21H27N3O4/c1-21(2)19(27)24(20(28)22-21)12-6-9-17(25)23-13-10-16(11-14-23)18(26)15-7-4-3-5-8-15/h3-5,7-8,16H,6,9-14H2,1-2H3,(H,22,28). The number of carbonyl (C=O) groups excluding carboxylic acids is 4. The lowest BCUT2D eigenvalue weighted by atomic mass is 9.89. The molecule has 0 aliphatic carbocycles. The van der Waals surface area contributed by atoms with Gasteiger partial charge in [-0.1, -0.05) is 30.3 Å². The van der Waals surface area contributed by atoms with Crippen LogP contribution in [0.4, 0.5) is 4.79 Å². The second-order valence-electron chi connectivity index (χ2n) is 8.00. The van der Waals surface area contributed by atoms with Gasteiger partial charge in [0.1, 0.15) is 5.54 Å². The lowest BCUT2D eigenvalue weighted by Gasteiger charge is -2.31. The number of carbonyl (C=O) groups is 4. The second-order valence-corrected chi connectivity index (χ2v) is 8.00. The van der Waals surface area contributed by atoms with Crippen molar-refractivity contribution < 1.29 is 19.2 Å². The molecule has 7 nitrogen and oxygen atoms in total. The lowest BCUT2D eigenvalue weighted by molar-refractivity contribution is -0.134. The van der Waals surface area contributed by atoms with Gasteiger partial charge in [-0.2, -0.15) is 0 Å². The number of hydrogen-bond donors (Lipinski definition) is 1. The highest BCUT2D eigenvalue weighted by atomic mass is 16.2. The van der Waals surface area contributed by atoms with Crippen molar-refractivity contribution in [3.8, 4) is 0 Å². The fourth-order valence-corrected chi connectivity index (χ4v) is 3.80. The van der Waals surface area contributed by atoms with Crippen molar-refractivity contribution in [2.45, 2.75) is 45.1 Å². The molecule has 2 fully saturated rings. The molecule has 1 aromatic rings. The molecule has 0 radical (unpaired) electrons. The molecule has 0 unspecified atom stereocenters. The number of nitrogens with one attached hydrogen (secondary N) is 1. The number of benzene rings is 1. The minimum Gasteiger partial charge on any atom is -0.343 e. The Labute approximate surface area is 165 Å². The van der Waals surface area contributed by atoms with Crippen LogP contribution in [0.1, 0.15) is 49.9 Å². The molecule has 0 bridgehead atoms. The Morgan fingerprint density at radius 1 is 1.11 bits per heavy atom. The number of Topliss-reactive ketones (excluding diaryl/α,β-unsaturated/α-hetero) is 1. The molecule has 0 spiro atoms. The third kappa shape index (κ3) is 4.24. The van der Waals surface area contributed by atoms with Crippen LogP contribution in [-0.4, -0.2) is 58.6 Å². The number of amides is 4. The number of imide groups is 1. The van der Waals surface area contributed by atoms with E-state index >= 15 is 0 Å². The van der Waals surface area contributed by atoms with Gasteiger partial charge in [-0.25, -0.2) is 4.79 Å². The zero-order valence-electron chi connectivity index (χ0n) is 16.4. The number of ketones is 1. The molecule has 2 aliphatic heterocycles. The van der Waals surface area contributed by atoms with E-state index in [4.69, 9.17) is 0 Å². The molecule has 7 heteroatoms. The summed E-state index contributed by atoms with van der Waals surface area (Å²) in [5.41, 5.74) is -0.155. The molecule has 1 aromatic carbocycles. The fourth-order valence-electron chi connectivity index (χ4n) is 3.80. The van der Waals surface area contributed by atoms with Crippen molar-refractivity contribution in [3.63, 3.8) is 0 Å². The summed E-state index contributed by atoms with van der Waals surface area (Å²) in [6.45, 7) is 4.71. The molecule has 1 N–H and O–H groups in total. The predicted octanol–water partition coefficient (Wildman–Crippen LogP) is 2.22. The van der Waals surface area contributed by atoms with E-state index in [2.05, 4.69) is 5.32 Å². The van der Waals surface area contributed by atoms with Crippen molar-refractivity contribution in [1.29, 1.82) is 0 Å². The van der Waals surface area contributed by atoms with Crippen LogP contribution < -0.4 is 5.32 Å². The first-order valence-electron chi connectivity index (χ1n) is 9.81. The van der Waals surface area contributed by atoms with Gasteiger partial charge >= 0.3 is 6.03 Å². The molecule has 150 valence electrons. The molecule has 0 saturated carbocycles. The SMILES string of the molecule is CC1(C)NC(=O)N(CCCC(=O)N2CCC(C(=O)c3ccccc3)CC2)C1=O. The Hall–Kier alpha value is -2.70. The quantitative estimate of drug-likeness (QED) is 0.601. The van der Waals surface area contributed by atoms with Crippen molar-refractivity contribution >= 4 is 23.6 Å². The van der Waals surface area contributed by atoms with Crippen LogP contribution in [0, 0.1) is 5.92 Å². The third-order valence-corrected chi connectivity index (χ3v) is 5.49. The monoisotopic (exact) mass is 385 g/mol. The van der Waals surface area contributed by atoms with E-state index in [1.165, 1.54) is 4.90 Å². The number of hydrogen-bond acceptors (Lipinski definition) is 4. The molecule has 2 heterocycles. The van der Waals surface area contributed by atoms with Gasteiger partial charge in [-0.05, 0) is 33.1 Å². The number of rotatable bonds is 6. The van der Waals surface area contributed by atoms with Gasteiger partial charge in [0.25, 0.3) is 5.91 Å². The largest absolute Gasteiger partial charge is 0.343 e. The molecule has 28 heavy (non-hydrogen) atoms. The molecule has 4 amide bonds. The van der Waals surface area contributed by atoms with E-state index < -0.39 is 11.6 Å². The zero-order valence-corrected chi connectivity index (χ0v) is 16.4. The van der Waals surface area contributed by atoms with E-state index in [-0.39, 0.29) is 36.5 Å². The maximum absolute atomic E-state index is 12.5. The van der Waals surface area contributed by atoms with Crippen LogP contribution in [0.2, 0.25) is 0 Å². The van der Waals surface area contributed by atoms with Crippen LogP contribution >= 0.6 is 0 Å². The molecule has 3 rings (SSSR count). The van der Waals surface area contributed by atoms with Crippen molar-refractivity contribution in [2.75, 3.05) is 19.6 Å². The smallest absolute Gasteiger partial charge is 0.325 e. The minimum absolute atomic E-state index is 0.0110. The Balaban J connectivity index is 1.43. The zero-order chi connectivity index (χ0) is 20.3. The number of nitrogens with zero attached hydrogens (tertiary/aromatic N) is 2. The highest BCUT2D eigenvalue weighted by Gasteiger charge is 2.43.